The van der Waals surface area contributed by atoms with Crippen molar-refractivity contribution in [2.45, 2.75) is 19.9 Å². The fraction of sp³-hybridized carbons (Fsp3) is 0.375. The summed E-state index contributed by atoms with van der Waals surface area (Å²) >= 11 is 0. The molecule has 0 aliphatic heterocycles. The van der Waals surface area contributed by atoms with Gasteiger partial charge in [0.2, 0.25) is 0 Å². The van der Waals surface area contributed by atoms with Gasteiger partial charge in [0.15, 0.2) is 0 Å². The highest BCUT2D eigenvalue weighted by molar-refractivity contribution is 5.78. The third-order valence-corrected chi connectivity index (χ3v) is 3.38. The van der Waals surface area contributed by atoms with Crippen molar-refractivity contribution in [3.8, 4) is 0 Å². The summed E-state index contributed by atoms with van der Waals surface area (Å²) in [6, 6.07) is 10.3. The molecule has 1 heterocycles. The molecule has 4 nitrogen and oxygen atoms in total. The van der Waals surface area contributed by atoms with Gasteiger partial charge in [-0.3, -0.25) is 14.7 Å². The third-order valence-electron chi connectivity index (χ3n) is 3.38. The van der Waals surface area contributed by atoms with Crippen LogP contribution in [0.1, 0.15) is 18.9 Å². The van der Waals surface area contributed by atoms with Gasteiger partial charge in [-0.05, 0) is 30.3 Å². The van der Waals surface area contributed by atoms with Crippen molar-refractivity contribution in [2.75, 3.05) is 20.2 Å². The second kappa shape index (κ2) is 7.01. The Morgan fingerprint density at radius 1 is 1.35 bits per heavy atom. The lowest BCUT2D eigenvalue weighted by Crippen LogP contribution is -2.26. The number of benzene rings is 1. The molecule has 0 N–H and O–H groups in total. The Kier molecular flexibility index (Phi) is 5.07. The van der Waals surface area contributed by atoms with Gasteiger partial charge >= 0.3 is 5.97 Å². The molecule has 0 unspecified atom stereocenters. The molecule has 0 saturated heterocycles. The van der Waals surface area contributed by atoms with E-state index in [1.165, 1.54) is 12.7 Å². The molecule has 0 spiro atoms. The van der Waals surface area contributed by atoms with Gasteiger partial charge in [-0.1, -0.05) is 19.1 Å². The number of carbonyl (C=O) groups is 1. The van der Waals surface area contributed by atoms with Crippen LogP contribution in [0.3, 0.4) is 0 Å². The van der Waals surface area contributed by atoms with E-state index in [2.05, 4.69) is 39.7 Å². The topological polar surface area (TPSA) is 42.4 Å². The average molecular weight is 272 g/mol. The van der Waals surface area contributed by atoms with Crippen LogP contribution in [0.2, 0.25) is 0 Å². The maximum absolute atomic E-state index is 11.2. The molecule has 2 rings (SSSR count). The van der Waals surface area contributed by atoms with Crippen LogP contribution in [0.4, 0.5) is 0 Å². The average Bonchev–Trinajstić information content (AvgIpc) is 2.50. The van der Waals surface area contributed by atoms with Gasteiger partial charge < -0.3 is 4.74 Å². The Morgan fingerprint density at radius 2 is 2.20 bits per heavy atom. The van der Waals surface area contributed by atoms with Crippen LogP contribution >= 0.6 is 0 Å². The summed E-state index contributed by atoms with van der Waals surface area (Å²) in [5.74, 6) is -0.161. The van der Waals surface area contributed by atoms with Crippen LogP contribution in [0.15, 0.2) is 36.5 Å². The van der Waals surface area contributed by atoms with Gasteiger partial charge in [0.1, 0.15) is 0 Å². The molecule has 0 aliphatic rings. The Hall–Kier alpha value is -1.94. The molecule has 0 saturated carbocycles. The van der Waals surface area contributed by atoms with E-state index in [1.54, 1.807) is 6.20 Å². The number of hydrogen-bond acceptors (Lipinski definition) is 4. The molecule has 20 heavy (non-hydrogen) atoms. The summed E-state index contributed by atoms with van der Waals surface area (Å²) < 4.78 is 4.68. The van der Waals surface area contributed by atoms with Crippen LogP contribution in [0, 0.1) is 0 Å². The first-order valence-corrected chi connectivity index (χ1v) is 6.85. The van der Waals surface area contributed by atoms with Crippen LogP contribution in [0.5, 0.6) is 0 Å². The first kappa shape index (κ1) is 14.5. The van der Waals surface area contributed by atoms with Crippen molar-refractivity contribution < 1.29 is 9.53 Å². The first-order chi connectivity index (χ1) is 9.72. The zero-order valence-corrected chi connectivity index (χ0v) is 12.0. The normalized spacial score (nSPS) is 10.9. The van der Waals surface area contributed by atoms with E-state index >= 15 is 0 Å². The lowest BCUT2D eigenvalue weighted by Gasteiger charge is -2.20. The first-order valence-electron chi connectivity index (χ1n) is 6.85. The highest BCUT2D eigenvalue weighted by Gasteiger charge is 2.08. The van der Waals surface area contributed by atoms with Gasteiger partial charge in [0.05, 0.1) is 19.0 Å². The highest BCUT2D eigenvalue weighted by atomic mass is 16.5. The minimum atomic E-state index is -0.161. The Balaban J connectivity index is 2.03. The van der Waals surface area contributed by atoms with E-state index in [1.807, 2.05) is 12.1 Å². The minimum absolute atomic E-state index is 0.161. The van der Waals surface area contributed by atoms with Crippen LogP contribution in [-0.2, 0) is 16.1 Å². The minimum Gasteiger partial charge on any atom is -0.469 e. The van der Waals surface area contributed by atoms with E-state index in [0.29, 0.717) is 13.0 Å². The summed E-state index contributed by atoms with van der Waals surface area (Å²) in [6.07, 6.45) is 2.23. The zero-order valence-electron chi connectivity index (χ0n) is 12.0. The summed E-state index contributed by atoms with van der Waals surface area (Å²) in [7, 11) is 1.43. The Labute approximate surface area is 119 Å². The lowest BCUT2D eigenvalue weighted by molar-refractivity contribution is -0.141. The maximum Gasteiger partial charge on any atom is 0.306 e. The second-order valence-electron chi connectivity index (χ2n) is 4.73. The van der Waals surface area contributed by atoms with Crippen LogP contribution < -0.4 is 0 Å². The SMILES string of the molecule is CCN(CCC(=O)OC)Cc1ccc2ncccc2c1. The number of methoxy groups -OCH3 is 1. The molecule has 0 aliphatic carbocycles. The van der Waals surface area contributed by atoms with Crippen molar-refractivity contribution in [1.29, 1.82) is 0 Å². The van der Waals surface area contributed by atoms with Gasteiger partial charge in [-0.25, -0.2) is 0 Å². The molecule has 106 valence electrons. The van der Waals surface area contributed by atoms with Gasteiger partial charge in [0, 0.05) is 24.7 Å². The molecule has 0 fully saturated rings. The monoisotopic (exact) mass is 272 g/mol. The number of fused-ring (bicyclic) bond motifs is 1. The maximum atomic E-state index is 11.2. The van der Waals surface area contributed by atoms with E-state index in [4.69, 9.17) is 0 Å². The van der Waals surface area contributed by atoms with Gasteiger partial charge in [0.25, 0.3) is 0 Å². The molecular weight excluding hydrogens is 252 g/mol. The smallest absolute Gasteiger partial charge is 0.306 e. The predicted molar refractivity (Wildman–Crippen MR) is 79.3 cm³/mol. The number of carbonyl (C=O) groups excluding carboxylic acids is 1. The number of nitrogens with zero attached hydrogens (tertiary/aromatic N) is 2. The number of aromatic nitrogens is 1. The van der Waals surface area contributed by atoms with Crippen molar-refractivity contribution >= 4 is 16.9 Å². The van der Waals surface area contributed by atoms with Crippen molar-refractivity contribution in [2.24, 2.45) is 0 Å². The Bertz CT molecular complexity index is 583. The lowest BCUT2D eigenvalue weighted by atomic mass is 10.1. The van der Waals surface area contributed by atoms with E-state index in [0.717, 1.165) is 24.0 Å². The zero-order chi connectivity index (χ0) is 14.4. The summed E-state index contributed by atoms with van der Waals surface area (Å²) in [4.78, 5) is 17.8. The number of rotatable bonds is 6. The fourth-order valence-electron chi connectivity index (χ4n) is 2.18. The van der Waals surface area contributed by atoms with E-state index in [9.17, 15) is 4.79 Å². The molecule has 0 radical (unpaired) electrons. The van der Waals surface area contributed by atoms with Crippen LogP contribution in [-0.4, -0.2) is 36.1 Å². The number of ether oxygens (including phenoxy) is 1. The van der Waals surface area contributed by atoms with E-state index in [-0.39, 0.29) is 5.97 Å². The van der Waals surface area contributed by atoms with Crippen molar-refractivity contribution in [1.82, 2.24) is 9.88 Å². The fourth-order valence-corrected chi connectivity index (χ4v) is 2.18. The van der Waals surface area contributed by atoms with Gasteiger partial charge in [-0.2, -0.15) is 0 Å². The van der Waals surface area contributed by atoms with Crippen molar-refractivity contribution in [3.05, 3.63) is 42.1 Å². The molecule has 1 aromatic carbocycles. The number of esters is 1. The molecule has 0 amide bonds. The summed E-state index contributed by atoms with van der Waals surface area (Å²) in [5, 5.41) is 1.15. The third kappa shape index (κ3) is 3.78. The molecule has 0 bridgehead atoms. The van der Waals surface area contributed by atoms with Crippen molar-refractivity contribution in [3.63, 3.8) is 0 Å². The second-order valence-corrected chi connectivity index (χ2v) is 4.73. The Morgan fingerprint density at radius 3 is 2.95 bits per heavy atom. The quantitative estimate of drug-likeness (QED) is 0.758. The van der Waals surface area contributed by atoms with E-state index < -0.39 is 0 Å². The number of hydrogen-bond donors (Lipinski definition) is 0. The summed E-state index contributed by atoms with van der Waals surface area (Å²) in [6.45, 7) is 4.55. The molecule has 4 heteroatoms. The largest absolute Gasteiger partial charge is 0.469 e. The molecule has 1 aromatic heterocycles. The molecular formula is C16H20N2O2. The highest BCUT2D eigenvalue weighted by Crippen LogP contribution is 2.15. The number of pyridine rings is 1. The van der Waals surface area contributed by atoms with Crippen LogP contribution in [0.25, 0.3) is 10.9 Å². The molecule has 0 atom stereocenters. The summed E-state index contributed by atoms with van der Waals surface area (Å²) in [5.41, 5.74) is 2.24. The predicted octanol–water partition coefficient (Wildman–Crippen LogP) is 2.62. The molecule has 2 aromatic rings. The standard InChI is InChI=1S/C16H20N2O2/c1-3-18(10-8-16(19)20-2)12-13-6-7-15-14(11-13)5-4-9-17-15/h4-7,9,11H,3,8,10,12H2,1-2H3. The van der Waals surface area contributed by atoms with Gasteiger partial charge in [-0.15, -0.1) is 0 Å².